The maximum absolute atomic E-state index is 12.1. The quantitative estimate of drug-likeness (QED) is 0.733. The van der Waals surface area contributed by atoms with E-state index >= 15 is 0 Å². The summed E-state index contributed by atoms with van der Waals surface area (Å²) in [5.41, 5.74) is 6.66. The van der Waals surface area contributed by atoms with Gasteiger partial charge < -0.3 is 10.3 Å². The molecule has 0 aliphatic heterocycles. The van der Waals surface area contributed by atoms with E-state index in [1.807, 2.05) is 19.1 Å². The molecule has 0 amide bonds. The van der Waals surface area contributed by atoms with Crippen molar-refractivity contribution in [2.45, 2.75) is 13.1 Å². The number of nitrogens with two attached hydrogens (primary N) is 1. The zero-order chi connectivity index (χ0) is 16.9. The fourth-order valence-electron chi connectivity index (χ4n) is 1.34. The van der Waals surface area contributed by atoms with Gasteiger partial charge in [-0.1, -0.05) is 5.16 Å². The number of anilines is 1. The van der Waals surface area contributed by atoms with Gasteiger partial charge in [0.25, 0.3) is 0 Å². The topological polar surface area (TPSA) is 104 Å². The normalized spacial score (nSPS) is 10.8. The molecule has 23 heavy (non-hydrogen) atoms. The fraction of sp³-hybridized carbons (Fsp3) is 0.154. The molecule has 0 aliphatic rings. The Bertz CT molecular complexity index is 742. The molecule has 0 unspecified atom stereocenters. The van der Waals surface area contributed by atoms with E-state index in [-0.39, 0.29) is 17.3 Å². The predicted molar refractivity (Wildman–Crippen MR) is 73.7 cm³/mol. The van der Waals surface area contributed by atoms with Gasteiger partial charge in [-0.2, -0.15) is 18.2 Å². The second kappa shape index (κ2) is 6.81. The van der Waals surface area contributed by atoms with Gasteiger partial charge in [0.15, 0.2) is 0 Å². The summed E-state index contributed by atoms with van der Waals surface area (Å²) in [7, 11) is 0. The van der Waals surface area contributed by atoms with Gasteiger partial charge in [0, 0.05) is 24.8 Å². The summed E-state index contributed by atoms with van der Waals surface area (Å²) in [6.07, 6.45) is 1.31. The highest BCUT2D eigenvalue weighted by Crippen LogP contribution is 2.28. The average molecular weight is 324 g/mol. The van der Waals surface area contributed by atoms with E-state index in [9.17, 15) is 13.2 Å². The Morgan fingerprint density at radius 2 is 1.70 bits per heavy atom. The summed E-state index contributed by atoms with van der Waals surface area (Å²) in [5.74, 6) is -1.66. The lowest BCUT2D eigenvalue weighted by molar-refractivity contribution is -0.159. The number of rotatable bonds is 1. The van der Waals surface area contributed by atoms with Crippen molar-refractivity contribution in [2.75, 3.05) is 5.73 Å². The van der Waals surface area contributed by atoms with Crippen molar-refractivity contribution >= 4 is 5.95 Å². The summed E-state index contributed by atoms with van der Waals surface area (Å²) in [6, 6.07) is 3.94. The first-order valence-corrected chi connectivity index (χ1v) is 6.21. The Morgan fingerprint density at radius 3 is 2.13 bits per heavy atom. The summed E-state index contributed by atoms with van der Waals surface area (Å²) < 4.78 is 40.4. The molecule has 3 heterocycles. The number of nitrogen functional groups attached to an aromatic ring is 1. The highest BCUT2D eigenvalue weighted by Gasteiger charge is 2.38. The first-order chi connectivity index (χ1) is 10.9. The second-order valence-electron chi connectivity index (χ2n) is 4.28. The second-order valence-corrected chi connectivity index (χ2v) is 4.28. The van der Waals surface area contributed by atoms with Crippen LogP contribution < -0.4 is 5.73 Å². The molecule has 7 nitrogen and oxygen atoms in total. The molecule has 0 saturated carbocycles. The Labute approximate surface area is 128 Å². The Hall–Kier alpha value is -3.04. The van der Waals surface area contributed by atoms with Crippen LogP contribution in [-0.4, -0.2) is 25.1 Å². The van der Waals surface area contributed by atoms with Crippen LogP contribution in [0.4, 0.5) is 19.1 Å². The van der Waals surface area contributed by atoms with Crippen molar-refractivity contribution in [3.05, 3.63) is 48.4 Å². The molecular formula is C13H11F3N6O. The van der Waals surface area contributed by atoms with Gasteiger partial charge in [0.2, 0.25) is 11.8 Å². The van der Waals surface area contributed by atoms with Crippen molar-refractivity contribution in [1.29, 1.82) is 0 Å². The van der Waals surface area contributed by atoms with Gasteiger partial charge >= 0.3 is 12.1 Å². The van der Waals surface area contributed by atoms with Crippen LogP contribution >= 0.6 is 0 Å². The van der Waals surface area contributed by atoms with Crippen LogP contribution in [0.2, 0.25) is 0 Å². The molecule has 3 aromatic heterocycles. The molecule has 0 radical (unpaired) electrons. The SMILES string of the molecule is Cc1ccncc1.Nc1ncc(-c2noc(C(F)(F)F)n2)cn1. The van der Waals surface area contributed by atoms with Crippen LogP contribution in [0, 0.1) is 6.92 Å². The largest absolute Gasteiger partial charge is 0.471 e. The van der Waals surface area contributed by atoms with Gasteiger partial charge in [0.1, 0.15) is 0 Å². The van der Waals surface area contributed by atoms with Crippen molar-refractivity contribution in [3.8, 4) is 11.4 Å². The number of alkyl halides is 3. The van der Waals surface area contributed by atoms with E-state index in [4.69, 9.17) is 5.73 Å². The molecule has 0 atom stereocenters. The van der Waals surface area contributed by atoms with Gasteiger partial charge in [-0.3, -0.25) is 4.98 Å². The number of aromatic nitrogens is 5. The van der Waals surface area contributed by atoms with E-state index in [1.54, 1.807) is 12.4 Å². The van der Waals surface area contributed by atoms with Crippen LogP contribution in [0.25, 0.3) is 11.4 Å². The molecule has 0 fully saturated rings. The summed E-state index contributed by atoms with van der Waals surface area (Å²) >= 11 is 0. The molecular weight excluding hydrogens is 313 g/mol. The zero-order valence-electron chi connectivity index (χ0n) is 11.8. The van der Waals surface area contributed by atoms with Gasteiger partial charge in [0.05, 0.1) is 5.56 Å². The maximum atomic E-state index is 12.1. The summed E-state index contributed by atoms with van der Waals surface area (Å²) in [4.78, 5) is 14.2. The van der Waals surface area contributed by atoms with Gasteiger partial charge in [-0.15, -0.1) is 0 Å². The molecule has 10 heteroatoms. The molecule has 120 valence electrons. The minimum absolute atomic E-state index is 0.00305. The number of hydrogen-bond acceptors (Lipinski definition) is 7. The molecule has 0 aromatic carbocycles. The van der Waals surface area contributed by atoms with Crippen LogP contribution in [0.3, 0.4) is 0 Å². The lowest BCUT2D eigenvalue weighted by atomic mass is 10.3. The fourth-order valence-corrected chi connectivity index (χ4v) is 1.34. The third-order valence-electron chi connectivity index (χ3n) is 2.45. The van der Waals surface area contributed by atoms with E-state index in [0.717, 1.165) is 0 Å². The third kappa shape index (κ3) is 4.73. The minimum atomic E-state index is -4.67. The average Bonchev–Trinajstić information content (AvgIpc) is 2.99. The molecule has 3 aromatic rings. The number of hydrogen-bond donors (Lipinski definition) is 1. The first-order valence-electron chi connectivity index (χ1n) is 6.21. The first kappa shape index (κ1) is 16.3. The van der Waals surface area contributed by atoms with E-state index in [1.165, 1.54) is 18.0 Å². The monoisotopic (exact) mass is 324 g/mol. The van der Waals surface area contributed by atoms with E-state index in [2.05, 4.69) is 29.6 Å². The van der Waals surface area contributed by atoms with Crippen molar-refractivity contribution in [1.82, 2.24) is 25.1 Å². The number of pyridine rings is 1. The number of halogens is 3. The highest BCUT2D eigenvalue weighted by molar-refractivity contribution is 5.51. The standard InChI is InChI=1S/C7H4F3N5O.C6H7N/c8-7(9,10)5-14-4(15-16-5)3-1-12-6(11)13-2-3;1-6-2-4-7-5-3-6/h1-2H,(H2,11,12,13);2-5H,1H3. The maximum Gasteiger partial charge on any atom is 0.471 e. The van der Waals surface area contributed by atoms with Crippen molar-refractivity contribution in [2.24, 2.45) is 0 Å². The minimum Gasteiger partial charge on any atom is -0.368 e. The van der Waals surface area contributed by atoms with Crippen LogP contribution in [0.15, 0.2) is 41.4 Å². The molecule has 0 bridgehead atoms. The Kier molecular flexibility index (Phi) is 4.84. The number of aryl methyl sites for hydroxylation is 1. The van der Waals surface area contributed by atoms with Crippen LogP contribution in [-0.2, 0) is 6.18 Å². The lowest BCUT2D eigenvalue weighted by Gasteiger charge is -1.96. The Morgan fingerprint density at radius 1 is 1.09 bits per heavy atom. The van der Waals surface area contributed by atoms with Crippen molar-refractivity contribution in [3.63, 3.8) is 0 Å². The molecule has 2 N–H and O–H groups in total. The van der Waals surface area contributed by atoms with Crippen LogP contribution in [0.5, 0.6) is 0 Å². The predicted octanol–water partition coefficient (Wildman–Crippen LogP) is 2.52. The molecule has 3 rings (SSSR count). The van der Waals surface area contributed by atoms with Gasteiger partial charge in [-0.25, -0.2) is 9.97 Å². The van der Waals surface area contributed by atoms with E-state index < -0.39 is 12.1 Å². The smallest absolute Gasteiger partial charge is 0.368 e. The summed E-state index contributed by atoms with van der Waals surface area (Å²) in [5, 5.41) is 3.16. The summed E-state index contributed by atoms with van der Waals surface area (Å²) in [6.45, 7) is 2.04. The highest BCUT2D eigenvalue weighted by atomic mass is 19.4. The number of nitrogens with zero attached hydrogens (tertiary/aromatic N) is 5. The third-order valence-corrected chi connectivity index (χ3v) is 2.45. The van der Waals surface area contributed by atoms with E-state index in [0.29, 0.717) is 0 Å². The van der Waals surface area contributed by atoms with Crippen molar-refractivity contribution < 1.29 is 17.7 Å². The molecule has 0 aliphatic carbocycles. The van der Waals surface area contributed by atoms with Gasteiger partial charge in [-0.05, 0) is 24.6 Å². The lowest BCUT2D eigenvalue weighted by Crippen LogP contribution is -2.04. The molecule has 0 saturated heterocycles. The van der Waals surface area contributed by atoms with Crippen LogP contribution in [0.1, 0.15) is 11.5 Å². The molecule has 0 spiro atoms. The zero-order valence-corrected chi connectivity index (χ0v) is 11.8. The Balaban J connectivity index is 0.000000229.